The van der Waals surface area contributed by atoms with Crippen LogP contribution in [0, 0.1) is 0 Å². The zero-order valence-corrected chi connectivity index (χ0v) is 14.0. The standard InChI is InChI=1S/C14H29N3O3S/c1-3-14(4-2,12-15)16-13(18)8-7-11-21(19,20)17-9-5-6-10-17/h3-12,15H2,1-2H3,(H,16,18). The lowest BCUT2D eigenvalue weighted by atomic mass is 9.93. The summed E-state index contributed by atoms with van der Waals surface area (Å²) in [6.45, 7) is 5.63. The zero-order chi connectivity index (χ0) is 15.9. The van der Waals surface area contributed by atoms with Crippen molar-refractivity contribution in [3.05, 3.63) is 0 Å². The molecule has 0 bridgehead atoms. The minimum Gasteiger partial charge on any atom is -0.349 e. The molecule has 0 radical (unpaired) electrons. The molecule has 1 amide bonds. The molecule has 6 nitrogen and oxygen atoms in total. The highest BCUT2D eigenvalue weighted by Gasteiger charge is 2.27. The third kappa shape index (κ3) is 5.23. The summed E-state index contributed by atoms with van der Waals surface area (Å²) in [6, 6.07) is 0. The molecular weight excluding hydrogens is 290 g/mol. The van der Waals surface area contributed by atoms with Crippen LogP contribution in [-0.4, -0.2) is 49.6 Å². The average Bonchev–Trinajstić information content (AvgIpc) is 3.00. The number of hydrogen-bond acceptors (Lipinski definition) is 4. The highest BCUT2D eigenvalue weighted by molar-refractivity contribution is 7.89. The summed E-state index contributed by atoms with van der Waals surface area (Å²) in [4.78, 5) is 12.0. The molecule has 0 aromatic heterocycles. The fourth-order valence-electron chi connectivity index (χ4n) is 2.64. The Morgan fingerprint density at radius 1 is 1.24 bits per heavy atom. The van der Waals surface area contributed by atoms with E-state index in [-0.39, 0.29) is 23.6 Å². The Kier molecular flexibility index (Phi) is 7.09. The normalized spacial score (nSPS) is 17.1. The largest absolute Gasteiger partial charge is 0.349 e. The van der Waals surface area contributed by atoms with Crippen LogP contribution < -0.4 is 11.1 Å². The van der Waals surface area contributed by atoms with E-state index in [4.69, 9.17) is 5.73 Å². The lowest BCUT2D eigenvalue weighted by Crippen LogP contribution is -2.52. The van der Waals surface area contributed by atoms with Gasteiger partial charge in [-0.3, -0.25) is 4.79 Å². The van der Waals surface area contributed by atoms with Gasteiger partial charge in [0.2, 0.25) is 15.9 Å². The lowest BCUT2D eigenvalue weighted by molar-refractivity contribution is -0.123. The number of hydrogen-bond donors (Lipinski definition) is 2. The SMILES string of the molecule is CCC(CC)(CN)NC(=O)CCCS(=O)(=O)N1CCCC1. The van der Waals surface area contributed by atoms with Crippen molar-refractivity contribution in [3.8, 4) is 0 Å². The third-order valence-electron chi connectivity index (χ3n) is 4.41. The van der Waals surface area contributed by atoms with E-state index in [0.29, 0.717) is 26.1 Å². The third-order valence-corrected chi connectivity index (χ3v) is 6.37. The van der Waals surface area contributed by atoms with E-state index in [9.17, 15) is 13.2 Å². The second kappa shape index (κ2) is 8.10. The monoisotopic (exact) mass is 319 g/mol. The van der Waals surface area contributed by atoms with Crippen LogP contribution in [0.25, 0.3) is 0 Å². The van der Waals surface area contributed by atoms with Gasteiger partial charge in [0.05, 0.1) is 11.3 Å². The van der Waals surface area contributed by atoms with Crippen molar-refractivity contribution in [2.24, 2.45) is 5.73 Å². The summed E-state index contributed by atoms with van der Waals surface area (Å²) in [5.41, 5.74) is 5.38. The van der Waals surface area contributed by atoms with Gasteiger partial charge in [-0.05, 0) is 32.1 Å². The molecule has 0 atom stereocenters. The van der Waals surface area contributed by atoms with Gasteiger partial charge in [0, 0.05) is 26.1 Å². The van der Waals surface area contributed by atoms with Crippen molar-refractivity contribution in [1.29, 1.82) is 0 Å². The Morgan fingerprint density at radius 2 is 1.81 bits per heavy atom. The molecule has 0 unspecified atom stereocenters. The van der Waals surface area contributed by atoms with Crippen LogP contribution in [0.3, 0.4) is 0 Å². The molecule has 3 N–H and O–H groups in total. The van der Waals surface area contributed by atoms with Crippen molar-refractivity contribution >= 4 is 15.9 Å². The molecule has 7 heteroatoms. The van der Waals surface area contributed by atoms with Gasteiger partial charge in [-0.2, -0.15) is 0 Å². The van der Waals surface area contributed by atoms with Crippen LogP contribution in [0.1, 0.15) is 52.4 Å². The lowest BCUT2D eigenvalue weighted by Gasteiger charge is -2.31. The molecule has 124 valence electrons. The van der Waals surface area contributed by atoms with Crippen molar-refractivity contribution in [1.82, 2.24) is 9.62 Å². The number of sulfonamides is 1. The van der Waals surface area contributed by atoms with Crippen LogP contribution in [0.4, 0.5) is 0 Å². The van der Waals surface area contributed by atoms with Gasteiger partial charge in [0.15, 0.2) is 0 Å². The predicted octanol–water partition coefficient (Wildman–Crippen LogP) is 0.826. The van der Waals surface area contributed by atoms with Crippen LogP contribution in [0.15, 0.2) is 0 Å². The zero-order valence-electron chi connectivity index (χ0n) is 13.2. The first kappa shape index (κ1) is 18.4. The van der Waals surface area contributed by atoms with Crippen molar-refractivity contribution in [3.63, 3.8) is 0 Å². The number of nitrogens with zero attached hydrogens (tertiary/aromatic N) is 1. The first-order valence-electron chi connectivity index (χ1n) is 7.88. The van der Waals surface area contributed by atoms with Gasteiger partial charge in [-0.15, -0.1) is 0 Å². The maximum absolute atomic E-state index is 12.0. The Balaban J connectivity index is 2.39. The van der Waals surface area contributed by atoms with Crippen LogP contribution in [0.5, 0.6) is 0 Å². The smallest absolute Gasteiger partial charge is 0.220 e. The van der Waals surface area contributed by atoms with Gasteiger partial charge in [-0.25, -0.2) is 12.7 Å². The molecule has 0 spiro atoms. The number of carbonyl (C=O) groups is 1. The predicted molar refractivity (Wildman–Crippen MR) is 84.3 cm³/mol. The highest BCUT2D eigenvalue weighted by Crippen LogP contribution is 2.16. The Bertz CT molecular complexity index is 418. The van der Waals surface area contributed by atoms with Crippen molar-refractivity contribution in [2.75, 3.05) is 25.4 Å². The second-order valence-electron chi connectivity index (χ2n) is 5.77. The summed E-state index contributed by atoms with van der Waals surface area (Å²) in [7, 11) is -3.19. The van der Waals surface area contributed by atoms with E-state index in [1.165, 1.54) is 4.31 Å². The summed E-state index contributed by atoms with van der Waals surface area (Å²) in [5.74, 6) is -0.0605. The molecule has 0 saturated carbocycles. The number of nitrogens with one attached hydrogen (secondary N) is 1. The minimum absolute atomic E-state index is 0.0499. The molecule has 0 aromatic rings. The first-order chi connectivity index (χ1) is 9.89. The Labute approximate surface area is 128 Å². The summed E-state index contributed by atoms with van der Waals surface area (Å²) < 4.78 is 25.6. The molecule has 1 heterocycles. The fourth-order valence-corrected chi connectivity index (χ4v) is 4.22. The number of nitrogens with two attached hydrogens (primary N) is 1. The highest BCUT2D eigenvalue weighted by atomic mass is 32.2. The van der Waals surface area contributed by atoms with Crippen LogP contribution in [-0.2, 0) is 14.8 Å². The molecule has 0 aliphatic carbocycles. The van der Waals surface area contributed by atoms with E-state index < -0.39 is 10.0 Å². The average molecular weight is 319 g/mol. The summed E-state index contributed by atoms with van der Waals surface area (Å²) in [5, 5.41) is 2.96. The molecule has 1 aliphatic rings. The maximum atomic E-state index is 12.0. The molecule has 21 heavy (non-hydrogen) atoms. The van der Waals surface area contributed by atoms with E-state index in [0.717, 1.165) is 25.7 Å². The van der Waals surface area contributed by atoms with E-state index in [1.54, 1.807) is 0 Å². The number of rotatable bonds is 9. The minimum atomic E-state index is -3.19. The maximum Gasteiger partial charge on any atom is 0.220 e. The number of carbonyl (C=O) groups excluding carboxylic acids is 1. The summed E-state index contributed by atoms with van der Waals surface area (Å²) >= 11 is 0. The van der Waals surface area contributed by atoms with E-state index in [1.807, 2.05) is 13.8 Å². The molecule has 1 saturated heterocycles. The molecule has 1 aliphatic heterocycles. The number of amides is 1. The molecule has 1 rings (SSSR count). The Morgan fingerprint density at radius 3 is 2.29 bits per heavy atom. The molecule has 0 aromatic carbocycles. The molecule has 1 fully saturated rings. The van der Waals surface area contributed by atoms with Gasteiger partial charge in [0.25, 0.3) is 0 Å². The van der Waals surface area contributed by atoms with E-state index >= 15 is 0 Å². The van der Waals surface area contributed by atoms with Crippen molar-refractivity contribution in [2.45, 2.75) is 57.9 Å². The quantitative estimate of drug-likeness (QED) is 0.658. The van der Waals surface area contributed by atoms with Crippen molar-refractivity contribution < 1.29 is 13.2 Å². The topological polar surface area (TPSA) is 92.5 Å². The van der Waals surface area contributed by atoms with Crippen LogP contribution in [0.2, 0.25) is 0 Å². The van der Waals surface area contributed by atoms with Gasteiger partial charge < -0.3 is 11.1 Å². The Hall–Kier alpha value is -0.660. The summed E-state index contributed by atoms with van der Waals surface area (Å²) in [6.07, 6.45) is 4.01. The second-order valence-corrected chi connectivity index (χ2v) is 7.85. The van der Waals surface area contributed by atoms with Gasteiger partial charge >= 0.3 is 0 Å². The van der Waals surface area contributed by atoms with Crippen LogP contribution >= 0.6 is 0 Å². The first-order valence-corrected chi connectivity index (χ1v) is 9.49. The van der Waals surface area contributed by atoms with Gasteiger partial charge in [0.1, 0.15) is 0 Å². The van der Waals surface area contributed by atoms with E-state index in [2.05, 4.69) is 5.32 Å². The fraction of sp³-hybridized carbons (Fsp3) is 0.929. The molecular formula is C14H29N3O3S. The van der Waals surface area contributed by atoms with Gasteiger partial charge in [-0.1, -0.05) is 13.8 Å².